The molecule has 0 fully saturated rings. The van der Waals surface area contributed by atoms with Crippen LogP contribution in [0.2, 0.25) is 5.02 Å². The maximum absolute atomic E-state index is 12.1. The van der Waals surface area contributed by atoms with Gasteiger partial charge in [-0.25, -0.2) is 0 Å². The second-order valence-electron chi connectivity index (χ2n) is 3.64. The lowest BCUT2D eigenvalue weighted by molar-refractivity contribution is 0.103. The van der Waals surface area contributed by atoms with Gasteiger partial charge in [0.05, 0.1) is 5.02 Å². The number of hydrogen-bond acceptors (Lipinski definition) is 2. The van der Waals surface area contributed by atoms with Crippen LogP contribution in [0.3, 0.4) is 0 Å². The maximum Gasteiger partial charge on any atom is 0.196 e. The molecule has 2 rings (SSSR count). The van der Waals surface area contributed by atoms with E-state index in [1.54, 1.807) is 36.5 Å². The minimum absolute atomic E-state index is 0.116. The molecule has 1 aromatic carbocycles. The van der Waals surface area contributed by atoms with E-state index in [1.807, 2.05) is 6.92 Å². The zero-order valence-electron chi connectivity index (χ0n) is 9.08. The number of nitrogens with zero attached hydrogens (tertiary/aromatic N) is 1. The summed E-state index contributed by atoms with van der Waals surface area (Å²) in [4.78, 5) is 16.2. The minimum atomic E-state index is -0.116. The minimum Gasteiger partial charge on any atom is -0.288 e. The van der Waals surface area contributed by atoms with Gasteiger partial charge >= 0.3 is 0 Å². The highest BCUT2D eigenvalue weighted by molar-refractivity contribution is 9.10. The van der Waals surface area contributed by atoms with E-state index in [1.165, 1.54) is 0 Å². The number of carbonyl (C=O) groups is 1. The zero-order chi connectivity index (χ0) is 12.4. The summed E-state index contributed by atoms with van der Waals surface area (Å²) in [6, 6.07) is 8.76. The van der Waals surface area contributed by atoms with Gasteiger partial charge in [0.15, 0.2) is 5.78 Å². The maximum atomic E-state index is 12.1. The van der Waals surface area contributed by atoms with Crippen LogP contribution in [0.5, 0.6) is 0 Å². The van der Waals surface area contributed by atoms with E-state index >= 15 is 0 Å². The third kappa shape index (κ3) is 2.73. The van der Waals surface area contributed by atoms with Crippen LogP contribution in [0, 0.1) is 6.92 Å². The van der Waals surface area contributed by atoms with E-state index in [0.29, 0.717) is 16.1 Å². The Morgan fingerprint density at radius 3 is 2.65 bits per heavy atom. The summed E-state index contributed by atoms with van der Waals surface area (Å²) in [6.07, 6.45) is 1.57. The van der Waals surface area contributed by atoms with Crippen molar-refractivity contribution in [2.45, 2.75) is 6.92 Å². The first-order chi connectivity index (χ1) is 8.08. The molecule has 0 radical (unpaired) electrons. The topological polar surface area (TPSA) is 30.0 Å². The van der Waals surface area contributed by atoms with Gasteiger partial charge in [0.25, 0.3) is 0 Å². The zero-order valence-corrected chi connectivity index (χ0v) is 11.4. The SMILES string of the molecule is Cc1ccc(C(=O)c2ccc(Br)cc2Cl)cn1. The summed E-state index contributed by atoms with van der Waals surface area (Å²) in [5.41, 5.74) is 1.91. The van der Waals surface area contributed by atoms with Gasteiger partial charge < -0.3 is 0 Å². The largest absolute Gasteiger partial charge is 0.288 e. The van der Waals surface area contributed by atoms with Gasteiger partial charge in [-0.05, 0) is 37.3 Å². The first-order valence-corrected chi connectivity index (χ1v) is 6.17. The molecule has 0 aliphatic rings. The Morgan fingerprint density at radius 2 is 2.06 bits per heavy atom. The molecule has 2 nitrogen and oxygen atoms in total. The summed E-state index contributed by atoms with van der Waals surface area (Å²) in [6.45, 7) is 1.88. The molecular formula is C13H9BrClNO. The van der Waals surface area contributed by atoms with Crippen molar-refractivity contribution in [3.8, 4) is 0 Å². The molecule has 0 N–H and O–H groups in total. The van der Waals surface area contributed by atoms with E-state index in [4.69, 9.17) is 11.6 Å². The van der Waals surface area contributed by atoms with Crippen LogP contribution in [0.25, 0.3) is 0 Å². The lowest BCUT2D eigenvalue weighted by atomic mass is 10.0. The van der Waals surface area contributed by atoms with Crippen molar-refractivity contribution in [2.24, 2.45) is 0 Å². The Bertz CT molecular complexity index is 566. The number of benzene rings is 1. The lowest BCUT2D eigenvalue weighted by Gasteiger charge is -2.04. The molecule has 0 saturated carbocycles. The lowest BCUT2D eigenvalue weighted by Crippen LogP contribution is -2.03. The number of carbonyl (C=O) groups excluding carboxylic acids is 1. The molecule has 1 heterocycles. The normalized spacial score (nSPS) is 10.3. The summed E-state index contributed by atoms with van der Waals surface area (Å²) in [5.74, 6) is -0.116. The Kier molecular flexibility index (Phi) is 3.60. The third-order valence-corrected chi connectivity index (χ3v) is 3.16. The van der Waals surface area contributed by atoms with Crippen molar-refractivity contribution in [3.05, 3.63) is 62.8 Å². The van der Waals surface area contributed by atoms with Gasteiger partial charge in [-0.15, -0.1) is 0 Å². The fourth-order valence-corrected chi connectivity index (χ4v) is 2.19. The first kappa shape index (κ1) is 12.3. The average molecular weight is 311 g/mol. The molecular weight excluding hydrogens is 302 g/mol. The van der Waals surface area contributed by atoms with Gasteiger partial charge in [0, 0.05) is 27.5 Å². The molecule has 17 heavy (non-hydrogen) atoms. The molecule has 0 spiro atoms. The molecule has 0 aliphatic heterocycles. The van der Waals surface area contributed by atoms with Crippen LogP contribution < -0.4 is 0 Å². The number of halogens is 2. The molecule has 2 aromatic rings. The van der Waals surface area contributed by atoms with Crippen molar-refractivity contribution in [1.29, 1.82) is 0 Å². The van der Waals surface area contributed by atoms with Gasteiger partial charge in [-0.2, -0.15) is 0 Å². The fourth-order valence-electron chi connectivity index (χ4n) is 1.43. The fraction of sp³-hybridized carbons (Fsp3) is 0.0769. The van der Waals surface area contributed by atoms with Crippen molar-refractivity contribution in [2.75, 3.05) is 0 Å². The summed E-state index contributed by atoms with van der Waals surface area (Å²) >= 11 is 9.34. The standard InChI is InChI=1S/C13H9BrClNO/c1-8-2-3-9(7-16-8)13(17)11-5-4-10(14)6-12(11)15/h2-7H,1H3. The molecule has 1 aromatic heterocycles. The Labute approximate surface area is 113 Å². The number of aromatic nitrogens is 1. The molecule has 0 bridgehead atoms. The van der Waals surface area contributed by atoms with E-state index in [9.17, 15) is 4.79 Å². The van der Waals surface area contributed by atoms with Crippen LogP contribution in [0.15, 0.2) is 41.0 Å². The number of rotatable bonds is 2. The summed E-state index contributed by atoms with van der Waals surface area (Å²) in [5, 5.41) is 0.435. The van der Waals surface area contributed by atoms with Crippen molar-refractivity contribution in [1.82, 2.24) is 4.98 Å². The van der Waals surface area contributed by atoms with Crippen LogP contribution in [-0.2, 0) is 0 Å². The molecule has 0 aliphatic carbocycles. The van der Waals surface area contributed by atoms with Gasteiger partial charge in [0.1, 0.15) is 0 Å². The summed E-state index contributed by atoms with van der Waals surface area (Å²) in [7, 11) is 0. The van der Waals surface area contributed by atoms with Crippen molar-refractivity contribution < 1.29 is 4.79 Å². The molecule has 86 valence electrons. The van der Waals surface area contributed by atoms with E-state index < -0.39 is 0 Å². The predicted octanol–water partition coefficient (Wildman–Crippen LogP) is 4.04. The monoisotopic (exact) mass is 309 g/mol. The number of hydrogen-bond donors (Lipinski definition) is 0. The van der Waals surface area contributed by atoms with Gasteiger partial charge in [0.2, 0.25) is 0 Å². The van der Waals surface area contributed by atoms with Gasteiger partial charge in [-0.3, -0.25) is 9.78 Å². The average Bonchev–Trinajstić information content (AvgIpc) is 2.29. The Hall–Kier alpha value is -1.19. The second-order valence-corrected chi connectivity index (χ2v) is 4.96. The van der Waals surface area contributed by atoms with Crippen molar-refractivity contribution in [3.63, 3.8) is 0 Å². The van der Waals surface area contributed by atoms with Crippen molar-refractivity contribution >= 4 is 33.3 Å². The van der Waals surface area contributed by atoms with E-state index in [0.717, 1.165) is 10.2 Å². The number of aryl methyl sites for hydroxylation is 1. The quantitative estimate of drug-likeness (QED) is 0.784. The molecule has 0 atom stereocenters. The van der Waals surface area contributed by atoms with Crippen LogP contribution in [-0.4, -0.2) is 10.8 Å². The first-order valence-electron chi connectivity index (χ1n) is 5.00. The third-order valence-electron chi connectivity index (χ3n) is 2.35. The molecule has 0 amide bonds. The number of ketones is 1. The van der Waals surface area contributed by atoms with E-state index in [-0.39, 0.29) is 5.78 Å². The molecule has 0 saturated heterocycles. The second kappa shape index (κ2) is 4.98. The highest BCUT2D eigenvalue weighted by Gasteiger charge is 2.13. The highest BCUT2D eigenvalue weighted by Crippen LogP contribution is 2.23. The molecule has 0 unspecified atom stereocenters. The van der Waals surface area contributed by atoms with E-state index in [2.05, 4.69) is 20.9 Å². The van der Waals surface area contributed by atoms with Crippen LogP contribution in [0.4, 0.5) is 0 Å². The van der Waals surface area contributed by atoms with Crippen LogP contribution >= 0.6 is 27.5 Å². The molecule has 4 heteroatoms. The smallest absolute Gasteiger partial charge is 0.196 e. The van der Waals surface area contributed by atoms with Gasteiger partial charge in [-0.1, -0.05) is 27.5 Å². The number of pyridine rings is 1. The predicted molar refractivity (Wildman–Crippen MR) is 71.6 cm³/mol. The Morgan fingerprint density at radius 1 is 1.29 bits per heavy atom. The summed E-state index contributed by atoms with van der Waals surface area (Å²) < 4.78 is 0.848. The highest BCUT2D eigenvalue weighted by atomic mass is 79.9. The Balaban J connectivity index is 2.40. The van der Waals surface area contributed by atoms with Crippen LogP contribution in [0.1, 0.15) is 21.6 Å².